The highest BCUT2D eigenvalue weighted by molar-refractivity contribution is 5.84. The van der Waals surface area contributed by atoms with Crippen LogP contribution in [-0.4, -0.2) is 33.3 Å². The van der Waals surface area contributed by atoms with Crippen LogP contribution in [0.5, 0.6) is 17.2 Å². The molecule has 0 spiro atoms. The zero-order valence-corrected chi connectivity index (χ0v) is 17.5. The van der Waals surface area contributed by atoms with Crippen molar-refractivity contribution in [2.24, 2.45) is 0 Å². The van der Waals surface area contributed by atoms with Gasteiger partial charge >= 0.3 is 0 Å². The summed E-state index contributed by atoms with van der Waals surface area (Å²) in [6.07, 6.45) is 5.11. The van der Waals surface area contributed by atoms with Crippen LogP contribution in [0.1, 0.15) is 29.7 Å². The van der Waals surface area contributed by atoms with Crippen molar-refractivity contribution < 1.29 is 23.4 Å². The molecule has 30 heavy (non-hydrogen) atoms. The molecular formula is C24H27NO5. The topological polar surface area (TPSA) is 69.9 Å². The van der Waals surface area contributed by atoms with Crippen molar-refractivity contribution in [1.29, 1.82) is 0 Å². The summed E-state index contributed by atoms with van der Waals surface area (Å²) in [5.74, 6) is 3.01. The number of nitrogens with one attached hydrogen (secondary N) is 1. The molecule has 6 nitrogen and oxygen atoms in total. The van der Waals surface area contributed by atoms with Gasteiger partial charge in [-0.25, -0.2) is 0 Å². The Morgan fingerprint density at radius 1 is 1.03 bits per heavy atom. The van der Waals surface area contributed by atoms with E-state index >= 15 is 0 Å². The van der Waals surface area contributed by atoms with Crippen molar-refractivity contribution in [2.45, 2.75) is 32.1 Å². The molecule has 1 N–H and O–H groups in total. The first-order valence-corrected chi connectivity index (χ1v) is 10.3. The lowest BCUT2D eigenvalue weighted by molar-refractivity contribution is -0.123. The van der Waals surface area contributed by atoms with Crippen LogP contribution in [0.2, 0.25) is 0 Å². The van der Waals surface area contributed by atoms with Gasteiger partial charge in [-0.3, -0.25) is 4.79 Å². The van der Waals surface area contributed by atoms with Crippen LogP contribution in [0.15, 0.2) is 40.8 Å². The van der Waals surface area contributed by atoms with Gasteiger partial charge in [-0.2, -0.15) is 0 Å². The summed E-state index contributed by atoms with van der Waals surface area (Å²) in [4.78, 5) is 12.2. The largest absolute Gasteiger partial charge is 0.493 e. The lowest BCUT2D eigenvalue weighted by Crippen LogP contribution is -2.30. The van der Waals surface area contributed by atoms with Gasteiger partial charge in [0.05, 0.1) is 14.2 Å². The maximum absolute atomic E-state index is 12.2. The highest BCUT2D eigenvalue weighted by Gasteiger charge is 2.18. The highest BCUT2D eigenvalue weighted by atomic mass is 16.5. The Morgan fingerprint density at radius 3 is 2.70 bits per heavy atom. The summed E-state index contributed by atoms with van der Waals surface area (Å²) in [7, 11) is 3.22. The first-order valence-electron chi connectivity index (χ1n) is 10.3. The molecular weight excluding hydrogens is 382 g/mol. The third-order valence-electron chi connectivity index (χ3n) is 5.48. The Bertz CT molecular complexity index is 1040. The van der Waals surface area contributed by atoms with E-state index in [1.54, 1.807) is 14.2 Å². The Balaban J connectivity index is 1.29. The van der Waals surface area contributed by atoms with E-state index in [1.165, 1.54) is 18.4 Å². The number of aryl methyl sites for hydroxylation is 2. The zero-order chi connectivity index (χ0) is 20.9. The lowest BCUT2D eigenvalue weighted by Gasteiger charge is -2.11. The van der Waals surface area contributed by atoms with Crippen molar-refractivity contribution in [3.63, 3.8) is 0 Å². The van der Waals surface area contributed by atoms with Gasteiger partial charge in [-0.15, -0.1) is 0 Å². The van der Waals surface area contributed by atoms with Crippen molar-refractivity contribution in [2.75, 3.05) is 27.4 Å². The van der Waals surface area contributed by atoms with E-state index in [1.807, 2.05) is 36.4 Å². The third-order valence-corrected chi connectivity index (χ3v) is 5.48. The van der Waals surface area contributed by atoms with Crippen LogP contribution in [-0.2, 0) is 24.1 Å². The van der Waals surface area contributed by atoms with Crippen LogP contribution < -0.4 is 19.5 Å². The molecule has 0 aliphatic heterocycles. The monoisotopic (exact) mass is 409 g/mol. The van der Waals surface area contributed by atoms with Crippen molar-refractivity contribution in [3.8, 4) is 17.2 Å². The fourth-order valence-electron chi connectivity index (χ4n) is 3.91. The maximum Gasteiger partial charge on any atom is 0.257 e. The number of amides is 1. The van der Waals surface area contributed by atoms with Gasteiger partial charge in [0.25, 0.3) is 5.91 Å². The van der Waals surface area contributed by atoms with Gasteiger partial charge in [0.1, 0.15) is 17.1 Å². The molecule has 1 heterocycles. The molecule has 1 aromatic heterocycles. The van der Waals surface area contributed by atoms with Gasteiger partial charge in [0.15, 0.2) is 18.1 Å². The standard InChI is InChI=1S/C24H27NO5/c1-27-22-9-7-16(13-23(22)28-2)11-12-25-24(26)15-29-17-8-10-21-19(14-17)18-5-3-4-6-20(18)30-21/h7-10,13-14H,3-6,11-12,15H2,1-2H3,(H,25,26). The molecule has 6 heteroatoms. The van der Waals surface area contributed by atoms with E-state index in [0.29, 0.717) is 30.2 Å². The van der Waals surface area contributed by atoms with Crippen LogP contribution in [0.3, 0.4) is 0 Å². The normalized spacial score (nSPS) is 13.0. The molecule has 0 saturated heterocycles. The minimum Gasteiger partial charge on any atom is -0.493 e. The second-order valence-corrected chi connectivity index (χ2v) is 7.45. The summed E-state index contributed by atoms with van der Waals surface area (Å²) in [5.41, 5.74) is 3.25. The summed E-state index contributed by atoms with van der Waals surface area (Å²) < 4.78 is 22.2. The summed E-state index contributed by atoms with van der Waals surface area (Å²) >= 11 is 0. The Morgan fingerprint density at radius 2 is 1.87 bits per heavy atom. The van der Waals surface area contributed by atoms with Gasteiger partial charge < -0.3 is 23.9 Å². The SMILES string of the molecule is COc1ccc(CCNC(=O)COc2ccc3oc4c(c3c2)CCCC4)cc1OC. The van der Waals surface area contributed by atoms with Crippen LogP contribution >= 0.6 is 0 Å². The van der Waals surface area contributed by atoms with E-state index in [0.717, 1.165) is 35.1 Å². The molecule has 0 saturated carbocycles. The Kier molecular flexibility index (Phi) is 6.12. The minimum absolute atomic E-state index is 0.0164. The van der Waals surface area contributed by atoms with Crippen molar-refractivity contribution in [1.82, 2.24) is 5.32 Å². The number of hydrogen-bond acceptors (Lipinski definition) is 5. The molecule has 1 aliphatic carbocycles. The first kappa shape index (κ1) is 20.1. The number of benzene rings is 2. The van der Waals surface area contributed by atoms with Crippen molar-refractivity contribution in [3.05, 3.63) is 53.3 Å². The first-order chi connectivity index (χ1) is 14.7. The fraction of sp³-hybridized carbons (Fsp3) is 0.375. The minimum atomic E-state index is -0.148. The predicted octanol–water partition coefficient (Wildman–Crippen LogP) is 4.07. The fourth-order valence-corrected chi connectivity index (χ4v) is 3.91. The average Bonchev–Trinajstić information content (AvgIpc) is 3.15. The second-order valence-electron chi connectivity index (χ2n) is 7.45. The highest BCUT2D eigenvalue weighted by Crippen LogP contribution is 2.34. The number of fused-ring (bicyclic) bond motifs is 3. The van der Waals surface area contributed by atoms with Crippen molar-refractivity contribution >= 4 is 16.9 Å². The Labute approximate surface area is 176 Å². The van der Waals surface area contributed by atoms with Crippen LogP contribution in [0.4, 0.5) is 0 Å². The summed E-state index contributed by atoms with van der Waals surface area (Å²) in [6.45, 7) is 0.503. The number of furan rings is 1. The molecule has 0 bridgehead atoms. The molecule has 1 aliphatic rings. The molecule has 2 aromatic carbocycles. The second kappa shape index (κ2) is 9.11. The smallest absolute Gasteiger partial charge is 0.257 e. The van der Waals surface area contributed by atoms with E-state index in [-0.39, 0.29) is 12.5 Å². The average molecular weight is 409 g/mol. The van der Waals surface area contributed by atoms with Gasteiger partial charge in [-0.1, -0.05) is 6.07 Å². The molecule has 0 atom stereocenters. The third kappa shape index (κ3) is 4.37. The maximum atomic E-state index is 12.2. The quantitative estimate of drug-likeness (QED) is 0.607. The van der Waals surface area contributed by atoms with Gasteiger partial charge in [0.2, 0.25) is 0 Å². The van der Waals surface area contributed by atoms with E-state index in [9.17, 15) is 4.79 Å². The van der Waals surface area contributed by atoms with E-state index < -0.39 is 0 Å². The zero-order valence-electron chi connectivity index (χ0n) is 17.5. The Hall–Kier alpha value is -3.15. The number of hydrogen-bond donors (Lipinski definition) is 1. The molecule has 3 aromatic rings. The lowest BCUT2D eigenvalue weighted by atomic mass is 9.96. The number of carbonyl (C=O) groups is 1. The molecule has 4 rings (SSSR count). The summed E-state index contributed by atoms with van der Waals surface area (Å²) in [5, 5.41) is 4.00. The molecule has 158 valence electrons. The molecule has 0 radical (unpaired) electrons. The molecule has 1 amide bonds. The van der Waals surface area contributed by atoms with Crippen LogP contribution in [0.25, 0.3) is 11.0 Å². The van der Waals surface area contributed by atoms with Crippen LogP contribution in [0, 0.1) is 0 Å². The number of methoxy groups -OCH3 is 2. The van der Waals surface area contributed by atoms with Gasteiger partial charge in [-0.05, 0) is 61.6 Å². The summed E-state index contributed by atoms with van der Waals surface area (Å²) in [6, 6.07) is 11.5. The number of carbonyl (C=O) groups excluding carboxylic acids is 1. The number of rotatable bonds is 8. The van der Waals surface area contributed by atoms with E-state index in [2.05, 4.69) is 5.32 Å². The predicted molar refractivity (Wildman–Crippen MR) is 115 cm³/mol. The van der Waals surface area contributed by atoms with Gasteiger partial charge in [0, 0.05) is 23.9 Å². The van der Waals surface area contributed by atoms with E-state index in [4.69, 9.17) is 18.6 Å². The molecule has 0 unspecified atom stereocenters. The molecule has 0 fully saturated rings. The number of ether oxygens (including phenoxy) is 3.